The zero-order valence-electron chi connectivity index (χ0n) is 12.3. The van der Waals surface area contributed by atoms with Gasteiger partial charge in [-0.25, -0.2) is 0 Å². The lowest BCUT2D eigenvalue weighted by molar-refractivity contribution is 0.0799. The molecule has 0 amide bonds. The Hall–Kier alpha value is -0.0800. The zero-order chi connectivity index (χ0) is 12.8. The lowest BCUT2D eigenvalue weighted by atomic mass is 9.65. The van der Waals surface area contributed by atoms with Crippen molar-refractivity contribution in [2.24, 2.45) is 11.3 Å². The first-order valence-corrected chi connectivity index (χ1v) is 8.03. The van der Waals surface area contributed by atoms with Gasteiger partial charge in [-0.15, -0.1) is 0 Å². The summed E-state index contributed by atoms with van der Waals surface area (Å²) in [4.78, 5) is 0. The van der Waals surface area contributed by atoms with Gasteiger partial charge in [-0.05, 0) is 56.4 Å². The van der Waals surface area contributed by atoms with Gasteiger partial charge in [0.1, 0.15) is 0 Å². The Bertz CT molecular complexity index is 229. The van der Waals surface area contributed by atoms with Crippen LogP contribution in [0.2, 0.25) is 0 Å². The molecule has 18 heavy (non-hydrogen) atoms. The number of nitrogens with one attached hydrogen (secondary N) is 1. The summed E-state index contributed by atoms with van der Waals surface area (Å²) >= 11 is 0. The van der Waals surface area contributed by atoms with Crippen LogP contribution in [0.3, 0.4) is 0 Å². The van der Waals surface area contributed by atoms with Gasteiger partial charge < -0.3 is 10.1 Å². The molecule has 1 unspecified atom stereocenters. The molecule has 1 aliphatic carbocycles. The second-order valence-corrected chi connectivity index (χ2v) is 6.91. The average molecular weight is 253 g/mol. The highest BCUT2D eigenvalue weighted by Gasteiger charge is 2.36. The third kappa shape index (κ3) is 4.24. The maximum Gasteiger partial charge on any atom is 0.0576 e. The summed E-state index contributed by atoms with van der Waals surface area (Å²) in [6, 6.07) is 0. The van der Waals surface area contributed by atoms with Crippen molar-refractivity contribution >= 4 is 0 Å². The summed E-state index contributed by atoms with van der Waals surface area (Å²) in [5.74, 6) is 0.772. The van der Waals surface area contributed by atoms with E-state index in [9.17, 15) is 0 Å². The maximum absolute atomic E-state index is 5.72. The second kappa shape index (κ2) is 6.91. The number of ether oxygens (including phenoxy) is 1. The fraction of sp³-hybridized carbons (Fsp3) is 1.00. The third-order valence-electron chi connectivity index (χ3n) is 4.72. The van der Waals surface area contributed by atoms with Gasteiger partial charge in [0, 0.05) is 13.2 Å². The predicted molar refractivity (Wildman–Crippen MR) is 76.8 cm³/mol. The molecule has 0 spiro atoms. The Morgan fingerprint density at radius 3 is 2.67 bits per heavy atom. The molecule has 2 aliphatic rings. The standard InChI is InChI=1S/C16H31NO/c1-14(2)12-17-13-16(9-5-10-16)8-3-6-15-7-4-11-18-15/h14-15,17H,3-13H2,1-2H3. The molecule has 1 N–H and O–H groups in total. The van der Waals surface area contributed by atoms with Crippen LogP contribution in [0.1, 0.15) is 65.2 Å². The summed E-state index contributed by atoms with van der Waals surface area (Å²) in [5.41, 5.74) is 0.646. The van der Waals surface area contributed by atoms with Gasteiger partial charge in [-0.3, -0.25) is 0 Å². The van der Waals surface area contributed by atoms with Crippen LogP contribution < -0.4 is 5.32 Å². The minimum absolute atomic E-state index is 0.589. The van der Waals surface area contributed by atoms with Gasteiger partial charge >= 0.3 is 0 Å². The Labute approximate surface area is 113 Å². The van der Waals surface area contributed by atoms with E-state index >= 15 is 0 Å². The van der Waals surface area contributed by atoms with Crippen LogP contribution in [-0.2, 0) is 4.74 Å². The van der Waals surface area contributed by atoms with E-state index in [0.29, 0.717) is 11.5 Å². The highest BCUT2D eigenvalue weighted by atomic mass is 16.5. The number of rotatable bonds is 8. The summed E-state index contributed by atoms with van der Waals surface area (Å²) in [6.45, 7) is 8.01. The third-order valence-corrected chi connectivity index (χ3v) is 4.72. The van der Waals surface area contributed by atoms with Crippen molar-refractivity contribution in [3.63, 3.8) is 0 Å². The van der Waals surface area contributed by atoms with Gasteiger partial charge in [-0.1, -0.05) is 26.7 Å². The minimum Gasteiger partial charge on any atom is -0.378 e. The molecular weight excluding hydrogens is 222 g/mol. The molecule has 2 fully saturated rings. The van der Waals surface area contributed by atoms with Crippen LogP contribution in [-0.4, -0.2) is 25.8 Å². The van der Waals surface area contributed by atoms with E-state index in [1.54, 1.807) is 0 Å². The van der Waals surface area contributed by atoms with E-state index in [4.69, 9.17) is 4.74 Å². The summed E-state index contributed by atoms with van der Waals surface area (Å²) in [5, 5.41) is 3.67. The number of hydrogen-bond acceptors (Lipinski definition) is 2. The first-order valence-electron chi connectivity index (χ1n) is 8.03. The van der Waals surface area contributed by atoms with Gasteiger partial charge in [0.2, 0.25) is 0 Å². The quantitative estimate of drug-likeness (QED) is 0.711. The van der Waals surface area contributed by atoms with E-state index in [1.165, 1.54) is 64.5 Å². The molecule has 1 saturated heterocycles. The largest absolute Gasteiger partial charge is 0.378 e. The molecular formula is C16H31NO. The van der Waals surface area contributed by atoms with Gasteiger partial charge in [0.15, 0.2) is 0 Å². The van der Waals surface area contributed by atoms with Crippen molar-refractivity contribution in [1.29, 1.82) is 0 Å². The van der Waals surface area contributed by atoms with Crippen LogP contribution in [0.25, 0.3) is 0 Å². The first-order chi connectivity index (χ1) is 8.70. The van der Waals surface area contributed by atoms with E-state index in [2.05, 4.69) is 19.2 Å². The fourth-order valence-electron chi connectivity index (χ4n) is 3.39. The Morgan fingerprint density at radius 1 is 1.28 bits per heavy atom. The smallest absolute Gasteiger partial charge is 0.0576 e. The minimum atomic E-state index is 0.589. The van der Waals surface area contributed by atoms with E-state index in [1.807, 2.05) is 0 Å². The molecule has 106 valence electrons. The molecule has 2 heteroatoms. The molecule has 0 bridgehead atoms. The molecule has 0 radical (unpaired) electrons. The summed E-state index contributed by atoms with van der Waals surface area (Å²) < 4.78 is 5.72. The highest BCUT2D eigenvalue weighted by Crippen LogP contribution is 2.44. The molecule has 2 rings (SSSR count). The molecule has 0 aromatic rings. The Morgan fingerprint density at radius 2 is 2.11 bits per heavy atom. The van der Waals surface area contributed by atoms with Gasteiger partial charge in [0.05, 0.1) is 6.10 Å². The second-order valence-electron chi connectivity index (χ2n) is 6.91. The van der Waals surface area contributed by atoms with Gasteiger partial charge in [0.25, 0.3) is 0 Å². The van der Waals surface area contributed by atoms with E-state index in [0.717, 1.165) is 12.5 Å². The summed E-state index contributed by atoms with van der Waals surface area (Å²) in [7, 11) is 0. The highest BCUT2D eigenvalue weighted by molar-refractivity contribution is 4.89. The molecule has 1 aliphatic heterocycles. The van der Waals surface area contributed by atoms with Crippen LogP contribution in [0.15, 0.2) is 0 Å². The van der Waals surface area contributed by atoms with Crippen molar-refractivity contribution in [3.05, 3.63) is 0 Å². The van der Waals surface area contributed by atoms with Crippen molar-refractivity contribution < 1.29 is 4.74 Å². The molecule has 1 saturated carbocycles. The average Bonchev–Trinajstić information content (AvgIpc) is 2.77. The Kier molecular flexibility index (Phi) is 5.50. The molecule has 1 heterocycles. The van der Waals surface area contributed by atoms with E-state index < -0.39 is 0 Å². The Balaban J connectivity index is 1.61. The number of hydrogen-bond donors (Lipinski definition) is 1. The molecule has 1 atom stereocenters. The van der Waals surface area contributed by atoms with Crippen molar-refractivity contribution in [1.82, 2.24) is 5.32 Å². The first kappa shape index (κ1) is 14.3. The zero-order valence-corrected chi connectivity index (χ0v) is 12.3. The van der Waals surface area contributed by atoms with Crippen molar-refractivity contribution in [2.75, 3.05) is 19.7 Å². The van der Waals surface area contributed by atoms with Crippen molar-refractivity contribution in [2.45, 2.75) is 71.3 Å². The lowest BCUT2D eigenvalue weighted by Gasteiger charge is -2.43. The SMILES string of the molecule is CC(C)CNCC1(CCCC2CCCO2)CCC1. The summed E-state index contributed by atoms with van der Waals surface area (Å²) in [6.07, 6.45) is 11.6. The lowest BCUT2D eigenvalue weighted by Crippen LogP contribution is -2.41. The van der Waals surface area contributed by atoms with Gasteiger partial charge in [-0.2, -0.15) is 0 Å². The van der Waals surface area contributed by atoms with Crippen LogP contribution >= 0.6 is 0 Å². The van der Waals surface area contributed by atoms with Crippen LogP contribution in [0.5, 0.6) is 0 Å². The monoisotopic (exact) mass is 253 g/mol. The predicted octanol–water partition coefficient (Wildman–Crippen LogP) is 3.75. The van der Waals surface area contributed by atoms with Crippen LogP contribution in [0.4, 0.5) is 0 Å². The normalized spacial score (nSPS) is 26.5. The maximum atomic E-state index is 5.72. The van der Waals surface area contributed by atoms with Crippen LogP contribution in [0, 0.1) is 11.3 Å². The topological polar surface area (TPSA) is 21.3 Å². The molecule has 2 nitrogen and oxygen atoms in total. The van der Waals surface area contributed by atoms with E-state index in [-0.39, 0.29) is 0 Å². The molecule has 0 aromatic heterocycles. The molecule has 0 aromatic carbocycles. The van der Waals surface area contributed by atoms with Crippen molar-refractivity contribution in [3.8, 4) is 0 Å². The fourth-order valence-corrected chi connectivity index (χ4v) is 3.39.